The van der Waals surface area contributed by atoms with Gasteiger partial charge in [0.1, 0.15) is 6.07 Å². The molecule has 23 heavy (non-hydrogen) atoms. The fourth-order valence-corrected chi connectivity index (χ4v) is 2.24. The van der Waals surface area contributed by atoms with E-state index in [9.17, 15) is 5.26 Å². The Balaban J connectivity index is 2.35. The fourth-order valence-electron chi connectivity index (χ4n) is 1.98. The van der Waals surface area contributed by atoms with Gasteiger partial charge in [-0.2, -0.15) is 10.5 Å². The third kappa shape index (κ3) is 4.35. The van der Waals surface area contributed by atoms with Crippen LogP contribution in [0.25, 0.3) is 11.6 Å². The average Bonchev–Trinajstić information content (AvgIpc) is 2.59. The minimum Gasteiger partial charge on any atom is -0.493 e. The number of nitrogens with zero attached hydrogens (tertiary/aromatic N) is 2. The predicted octanol–water partition coefficient (Wildman–Crippen LogP) is 4.42. The Morgan fingerprint density at radius 1 is 1.13 bits per heavy atom. The van der Waals surface area contributed by atoms with Crippen LogP contribution in [0.3, 0.4) is 0 Å². The fraction of sp³-hybridized carbons (Fsp3) is 0.111. The zero-order chi connectivity index (χ0) is 16.7. The summed E-state index contributed by atoms with van der Waals surface area (Å²) < 4.78 is 11.5. The van der Waals surface area contributed by atoms with Crippen LogP contribution < -0.4 is 9.47 Å². The van der Waals surface area contributed by atoms with E-state index in [1.165, 1.54) is 7.11 Å². The summed E-state index contributed by atoms with van der Waals surface area (Å²) in [4.78, 5) is 0. The maximum atomic E-state index is 9.39. The molecule has 0 atom stereocenters. The van der Waals surface area contributed by atoms with Gasteiger partial charge in [-0.25, -0.2) is 0 Å². The predicted molar refractivity (Wildman–Crippen MR) is 91.7 cm³/mol. The molecule has 0 bridgehead atoms. The van der Waals surface area contributed by atoms with Crippen LogP contribution in [0.2, 0.25) is 0 Å². The monoisotopic (exact) mass is 368 g/mol. The van der Waals surface area contributed by atoms with Crippen molar-refractivity contribution in [2.45, 2.75) is 0 Å². The van der Waals surface area contributed by atoms with E-state index in [0.29, 0.717) is 17.1 Å². The molecule has 0 aliphatic rings. The van der Waals surface area contributed by atoms with E-state index in [1.807, 2.05) is 36.4 Å². The topological polar surface area (TPSA) is 66.0 Å². The van der Waals surface area contributed by atoms with E-state index in [-0.39, 0.29) is 6.61 Å². The van der Waals surface area contributed by atoms with Crippen LogP contribution in [0.5, 0.6) is 11.5 Å². The quantitative estimate of drug-likeness (QED) is 0.578. The summed E-state index contributed by atoms with van der Waals surface area (Å²) >= 11 is 3.38. The van der Waals surface area contributed by atoms with Crippen molar-refractivity contribution < 1.29 is 9.47 Å². The van der Waals surface area contributed by atoms with Gasteiger partial charge in [-0.15, -0.1) is 0 Å². The van der Waals surface area contributed by atoms with E-state index in [1.54, 1.807) is 18.2 Å². The van der Waals surface area contributed by atoms with Gasteiger partial charge >= 0.3 is 0 Å². The first-order valence-corrected chi connectivity index (χ1v) is 7.52. The van der Waals surface area contributed by atoms with Crippen LogP contribution in [0, 0.1) is 22.7 Å². The zero-order valence-corrected chi connectivity index (χ0v) is 14.0. The Hall–Kier alpha value is -2.76. The highest BCUT2D eigenvalue weighted by Gasteiger charge is 2.06. The van der Waals surface area contributed by atoms with Gasteiger partial charge in [-0.05, 0) is 41.5 Å². The van der Waals surface area contributed by atoms with E-state index in [2.05, 4.69) is 22.0 Å². The van der Waals surface area contributed by atoms with Crippen LogP contribution in [-0.4, -0.2) is 13.7 Å². The largest absolute Gasteiger partial charge is 0.493 e. The summed E-state index contributed by atoms with van der Waals surface area (Å²) in [6.45, 7) is -0.0477. The van der Waals surface area contributed by atoms with Crippen LogP contribution in [0.15, 0.2) is 46.9 Å². The molecule has 2 aromatic carbocycles. The third-order valence-corrected chi connectivity index (χ3v) is 3.60. The zero-order valence-electron chi connectivity index (χ0n) is 12.4. The van der Waals surface area contributed by atoms with Crippen molar-refractivity contribution >= 4 is 27.6 Å². The molecule has 0 unspecified atom stereocenters. The number of methoxy groups -OCH3 is 1. The Morgan fingerprint density at radius 3 is 2.48 bits per heavy atom. The lowest BCUT2D eigenvalue weighted by Gasteiger charge is -2.09. The maximum absolute atomic E-state index is 9.39. The number of rotatable bonds is 5. The highest BCUT2D eigenvalue weighted by molar-refractivity contribution is 9.10. The van der Waals surface area contributed by atoms with E-state index >= 15 is 0 Å². The molecule has 0 fully saturated rings. The van der Waals surface area contributed by atoms with Crippen molar-refractivity contribution in [1.29, 1.82) is 10.5 Å². The van der Waals surface area contributed by atoms with Crippen molar-refractivity contribution in [3.05, 3.63) is 58.1 Å². The lowest BCUT2D eigenvalue weighted by Crippen LogP contribution is -1.96. The van der Waals surface area contributed by atoms with Crippen molar-refractivity contribution in [3.63, 3.8) is 0 Å². The molecule has 0 aliphatic heterocycles. The molecule has 0 N–H and O–H groups in total. The molecular formula is C18H13BrN2O2. The number of allylic oxidation sites excluding steroid dienone is 1. The molecule has 2 aromatic rings. The second-order valence-corrected chi connectivity index (χ2v) is 5.45. The van der Waals surface area contributed by atoms with Gasteiger partial charge in [-0.1, -0.05) is 34.1 Å². The first-order valence-electron chi connectivity index (χ1n) is 6.73. The van der Waals surface area contributed by atoms with Gasteiger partial charge in [0.25, 0.3) is 0 Å². The summed E-state index contributed by atoms with van der Waals surface area (Å²) in [5, 5.41) is 18.0. The minimum absolute atomic E-state index is 0.0477. The standard InChI is InChI=1S/C18H13BrN2O2/c1-22-18-11-13(2-7-17(18)23-9-8-20)10-15(12-21)14-3-5-16(19)6-4-14/h2-7,10-11H,9H2,1H3. The van der Waals surface area contributed by atoms with E-state index in [0.717, 1.165) is 15.6 Å². The van der Waals surface area contributed by atoms with Crippen LogP contribution in [-0.2, 0) is 0 Å². The Kier molecular flexibility index (Phi) is 5.80. The van der Waals surface area contributed by atoms with Gasteiger partial charge in [0, 0.05) is 4.47 Å². The minimum atomic E-state index is -0.0477. The van der Waals surface area contributed by atoms with Gasteiger partial charge in [0.15, 0.2) is 18.1 Å². The summed E-state index contributed by atoms with van der Waals surface area (Å²) in [5.74, 6) is 1.01. The molecule has 0 amide bonds. The number of hydrogen-bond acceptors (Lipinski definition) is 4. The maximum Gasteiger partial charge on any atom is 0.174 e. The lowest BCUT2D eigenvalue weighted by molar-refractivity contribution is 0.329. The first-order chi connectivity index (χ1) is 11.2. The highest BCUT2D eigenvalue weighted by Crippen LogP contribution is 2.30. The second kappa shape index (κ2) is 8.03. The molecule has 4 nitrogen and oxygen atoms in total. The average molecular weight is 369 g/mol. The van der Waals surface area contributed by atoms with Gasteiger partial charge < -0.3 is 9.47 Å². The highest BCUT2D eigenvalue weighted by atomic mass is 79.9. The van der Waals surface area contributed by atoms with Gasteiger partial charge in [0.05, 0.1) is 18.8 Å². The number of halogens is 1. The molecule has 5 heteroatoms. The summed E-state index contributed by atoms with van der Waals surface area (Å²) in [5.41, 5.74) is 2.19. The van der Waals surface area contributed by atoms with Crippen molar-refractivity contribution in [2.75, 3.05) is 13.7 Å². The molecule has 114 valence electrons. The molecule has 0 saturated carbocycles. The summed E-state index contributed by atoms with van der Waals surface area (Å²) in [7, 11) is 1.53. The number of hydrogen-bond donors (Lipinski definition) is 0. The normalized spacial score (nSPS) is 10.5. The van der Waals surface area contributed by atoms with Crippen molar-refractivity contribution in [3.8, 4) is 23.6 Å². The number of nitriles is 2. The molecule has 0 aliphatic carbocycles. The smallest absolute Gasteiger partial charge is 0.174 e. The van der Waals surface area contributed by atoms with Crippen LogP contribution in [0.4, 0.5) is 0 Å². The molecule has 0 radical (unpaired) electrons. The first kappa shape index (κ1) is 16.6. The molecule has 0 heterocycles. The second-order valence-electron chi connectivity index (χ2n) is 4.53. The molecule has 0 aromatic heterocycles. The molecule has 0 spiro atoms. The summed E-state index contributed by atoms with van der Waals surface area (Å²) in [6.07, 6.45) is 1.78. The molecule has 0 saturated heterocycles. The van der Waals surface area contributed by atoms with Gasteiger partial charge in [0.2, 0.25) is 0 Å². The van der Waals surface area contributed by atoms with Crippen molar-refractivity contribution in [2.24, 2.45) is 0 Å². The Labute approximate surface area is 143 Å². The van der Waals surface area contributed by atoms with E-state index < -0.39 is 0 Å². The third-order valence-electron chi connectivity index (χ3n) is 3.07. The van der Waals surface area contributed by atoms with Crippen LogP contribution in [0.1, 0.15) is 11.1 Å². The molecule has 2 rings (SSSR count). The SMILES string of the molecule is COc1cc(C=C(C#N)c2ccc(Br)cc2)ccc1OCC#N. The number of ether oxygens (including phenoxy) is 2. The van der Waals surface area contributed by atoms with Crippen molar-refractivity contribution in [1.82, 2.24) is 0 Å². The van der Waals surface area contributed by atoms with Crippen LogP contribution >= 0.6 is 15.9 Å². The summed E-state index contributed by atoms with van der Waals surface area (Å²) in [6, 6.07) is 16.9. The van der Waals surface area contributed by atoms with Gasteiger partial charge in [-0.3, -0.25) is 0 Å². The molecular weight excluding hydrogens is 356 g/mol. The van der Waals surface area contributed by atoms with E-state index in [4.69, 9.17) is 14.7 Å². The lowest BCUT2D eigenvalue weighted by atomic mass is 10.0. The Morgan fingerprint density at radius 2 is 1.87 bits per heavy atom. The Bertz CT molecular complexity index is 799. The number of benzene rings is 2.